The van der Waals surface area contributed by atoms with Gasteiger partial charge in [0.1, 0.15) is 4.90 Å². The molecule has 0 aliphatic heterocycles. The molecule has 2 aromatic rings. The molecule has 0 aliphatic carbocycles. The van der Waals surface area contributed by atoms with Gasteiger partial charge in [-0.2, -0.15) is 9.40 Å². The van der Waals surface area contributed by atoms with Gasteiger partial charge in [0, 0.05) is 25.2 Å². The molecule has 0 bridgehead atoms. The van der Waals surface area contributed by atoms with Crippen molar-refractivity contribution in [3.63, 3.8) is 0 Å². The van der Waals surface area contributed by atoms with E-state index in [0.29, 0.717) is 13.1 Å². The van der Waals surface area contributed by atoms with E-state index in [1.54, 1.807) is 5.51 Å². The Balaban J connectivity index is 2.16. The van der Waals surface area contributed by atoms with E-state index >= 15 is 0 Å². The molecule has 19 heavy (non-hydrogen) atoms. The summed E-state index contributed by atoms with van der Waals surface area (Å²) in [6.07, 6.45) is 2.82. The Labute approximate surface area is 115 Å². The molecular formula is C10H15N5O2S2. The third-order valence-corrected chi connectivity index (χ3v) is 4.94. The first-order chi connectivity index (χ1) is 9.04. The summed E-state index contributed by atoms with van der Waals surface area (Å²) in [5.41, 5.74) is 7.80. The zero-order chi connectivity index (χ0) is 13.9. The van der Waals surface area contributed by atoms with E-state index in [9.17, 15) is 8.42 Å². The van der Waals surface area contributed by atoms with Crippen molar-refractivity contribution in [1.29, 1.82) is 0 Å². The smallest absolute Gasteiger partial charge is 0.246 e. The third-order valence-electron chi connectivity index (χ3n) is 2.54. The lowest BCUT2D eigenvalue weighted by Gasteiger charge is -2.14. The van der Waals surface area contributed by atoms with Crippen LogP contribution in [0.15, 0.2) is 28.2 Å². The monoisotopic (exact) mass is 301 g/mol. The fraction of sp³-hybridized carbons (Fsp3) is 0.400. The van der Waals surface area contributed by atoms with Crippen LogP contribution in [0.1, 0.15) is 5.69 Å². The summed E-state index contributed by atoms with van der Waals surface area (Å²) in [6.45, 7) is 1.15. The molecule has 0 unspecified atom stereocenters. The summed E-state index contributed by atoms with van der Waals surface area (Å²) in [6, 6.07) is 0. The number of aromatic nitrogens is 3. The van der Waals surface area contributed by atoms with Crippen LogP contribution in [0.2, 0.25) is 0 Å². The molecule has 0 spiro atoms. The Bertz CT molecular complexity index is 620. The van der Waals surface area contributed by atoms with Gasteiger partial charge in [0.15, 0.2) is 0 Å². The quantitative estimate of drug-likeness (QED) is 0.818. The fourth-order valence-electron chi connectivity index (χ4n) is 1.54. The molecule has 104 valence electrons. The van der Waals surface area contributed by atoms with Crippen molar-refractivity contribution in [2.45, 2.75) is 18.0 Å². The highest BCUT2D eigenvalue weighted by Gasteiger charge is 2.23. The number of rotatable bonds is 6. The molecule has 0 fully saturated rings. The van der Waals surface area contributed by atoms with Crippen molar-refractivity contribution < 1.29 is 8.42 Å². The molecule has 2 heterocycles. The SMILES string of the molecule is CN(Cc1cscn1)S(=O)(=O)c1cnn(CCN)c1. The molecule has 0 saturated heterocycles. The molecule has 2 rings (SSSR count). The van der Waals surface area contributed by atoms with Gasteiger partial charge in [0.2, 0.25) is 10.0 Å². The van der Waals surface area contributed by atoms with Gasteiger partial charge >= 0.3 is 0 Å². The van der Waals surface area contributed by atoms with Crippen LogP contribution in [0.4, 0.5) is 0 Å². The Kier molecular flexibility index (Phi) is 4.30. The summed E-state index contributed by atoms with van der Waals surface area (Å²) < 4.78 is 27.4. The van der Waals surface area contributed by atoms with Crippen LogP contribution < -0.4 is 5.73 Å². The van der Waals surface area contributed by atoms with Crippen molar-refractivity contribution in [2.75, 3.05) is 13.6 Å². The van der Waals surface area contributed by atoms with E-state index in [1.807, 2.05) is 5.38 Å². The highest BCUT2D eigenvalue weighted by atomic mass is 32.2. The lowest BCUT2D eigenvalue weighted by Crippen LogP contribution is -2.26. The largest absolute Gasteiger partial charge is 0.329 e. The maximum atomic E-state index is 12.3. The Morgan fingerprint density at radius 1 is 1.53 bits per heavy atom. The van der Waals surface area contributed by atoms with Crippen LogP contribution in [0.25, 0.3) is 0 Å². The second-order valence-corrected chi connectivity index (χ2v) is 6.73. The van der Waals surface area contributed by atoms with Crippen molar-refractivity contribution in [1.82, 2.24) is 19.1 Å². The van der Waals surface area contributed by atoms with Crippen molar-refractivity contribution in [2.24, 2.45) is 5.73 Å². The summed E-state index contributed by atoms with van der Waals surface area (Å²) in [5.74, 6) is 0. The van der Waals surface area contributed by atoms with E-state index in [-0.39, 0.29) is 11.4 Å². The van der Waals surface area contributed by atoms with Crippen LogP contribution in [-0.4, -0.2) is 41.1 Å². The zero-order valence-electron chi connectivity index (χ0n) is 10.4. The molecular weight excluding hydrogens is 286 g/mol. The minimum atomic E-state index is -3.54. The standard InChI is InChI=1S/C10H15N5O2S2/c1-14(5-9-7-18-8-12-9)19(16,17)10-4-13-15(6-10)3-2-11/h4,6-8H,2-3,5,11H2,1H3. The van der Waals surface area contributed by atoms with Crippen molar-refractivity contribution in [3.8, 4) is 0 Å². The fourth-order valence-corrected chi connectivity index (χ4v) is 3.19. The number of sulfonamides is 1. The molecule has 9 heteroatoms. The number of nitrogens with two attached hydrogens (primary N) is 1. The van der Waals surface area contributed by atoms with Crippen LogP contribution >= 0.6 is 11.3 Å². The lowest BCUT2D eigenvalue weighted by molar-refractivity contribution is 0.463. The highest BCUT2D eigenvalue weighted by Crippen LogP contribution is 2.16. The molecule has 0 radical (unpaired) electrons. The van der Waals surface area contributed by atoms with Gasteiger partial charge in [0.25, 0.3) is 0 Å². The van der Waals surface area contributed by atoms with Gasteiger partial charge in [-0.25, -0.2) is 13.4 Å². The van der Waals surface area contributed by atoms with Gasteiger partial charge in [-0.15, -0.1) is 11.3 Å². The summed E-state index contributed by atoms with van der Waals surface area (Å²) in [7, 11) is -2.02. The molecule has 2 aromatic heterocycles. The van der Waals surface area contributed by atoms with Crippen LogP contribution in [0.5, 0.6) is 0 Å². The molecule has 0 atom stereocenters. The Morgan fingerprint density at radius 2 is 2.32 bits per heavy atom. The number of nitrogens with zero attached hydrogens (tertiary/aromatic N) is 4. The highest BCUT2D eigenvalue weighted by molar-refractivity contribution is 7.89. The normalized spacial score (nSPS) is 12.2. The van der Waals surface area contributed by atoms with Crippen LogP contribution in [-0.2, 0) is 23.1 Å². The first-order valence-electron chi connectivity index (χ1n) is 5.60. The average molecular weight is 301 g/mol. The predicted molar refractivity (Wildman–Crippen MR) is 72.0 cm³/mol. The lowest BCUT2D eigenvalue weighted by atomic mass is 10.5. The minimum absolute atomic E-state index is 0.165. The van der Waals surface area contributed by atoms with Gasteiger partial charge in [-0.3, -0.25) is 4.68 Å². The zero-order valence-corrected chi connectivity index (χ0v) is 12.1. The average Bonchev–Trinajstić information content (AvgIpc) is 3.00. The van der Waals surface area contributed by atoms with Gasteiger partial charge in [0.05, 0.1) is 30.5 Å². The first-order valence-corrected chi connectivity index (χ1v) is 7.98. The van der Waals surface area contributed by atoms with E-state index in [0.717, 1.165) is 5.69 Å². The molecule has 0 amide bonds. The molecule has 2 N–H and O–H groups in total. The maximum Gasteiger partial charge on any atom is 0.246 e. The third kappa shape index (κ3) is 3.18. The van der Waals surface area contributed by atoms with E-state index < -0.39 is 10.0 Å². The molecule has 0 aromatic carbocycles. The number of hydrogen-bond donors (Lipinski definition) is 1. The molecule has 7 nitrogen and oxygen atoms in total. The number of hydrogen-bond acceptors (Lipinski definition) is 6. The predicted octanol–water partition coefficient (Wildman–Crippen LogP) is 0.119. The second-order valence-electron chi connectivity index (χ2n) is 3.97. The van der Waals surface area contributed by atoms with Crippen molar-refractivity contribution >= 4 is 21.4 Å². The summed E-state index contributed by atoms with van der Waals surface area (Å²) in [5, 5.41) is 5.79. The van der Waals surface area contributed by atoms with E-state index in [2.05, 4.69) is 10.1 Å². The van der Waals surface area contributed by atoms with Gasteiger partial charge in [-0.05, 0) is 0 Å². The van der Waals surface area contributed by atoms with Crippen molar-refractivity contribution in [3.05, 3.63) is 29.0 Å². The molecule has 0 saturated carbocycles. The molecule has 0 aliphatic rings. The van der Waals surface area contributed by atoms with E-state index in [1.165, 1.54) is 39.8 Å². The second kappa shape index (κ2) is 5.78. The van der Waals surface area contributed by atoms with Crippen LogP contribution in [0, 0.1) is 0 Å². The topological polar surface area (TPSA) is 94.1 Å². The van der Waals surface area contributed by atoms with Crippen LogP contribution in [0.3, 0.4) is 0 Å². The Hall–Kier alpha value is -1.29. The van der Waals surface area contributed by atoms with E-state index in [4.69, 9.17) is 5.73 Å². The first kappa shape index (κ1) is 14.1. The maximum absolute atomic E-state index is 12.3. The minimum Gasteiger partial charge on any atom is -0.329 e. The summed E-state index contributed by atoms with van der Waals surface area (Å²) in [4.78, 5) is 4.24. The number of thiazole rings is 1. The Morgan fingerprint density at radius 3 is 2.95 bits per heavy atom. The van der Waals surface area contributed by atoms with Gasteiger partial charge < -0.3 is 5.73 Å². The van der Waals surface area contributed by atoms with Gasteiger partial charge in [-0.1, -0.05) is 0 Å². The summed E-state index contributed by atoms with van der Waals surface area (Å²) >= 11 is 1.44.